The molecule has 4 nitrogen and oxygen atoms in total. The normalized spacial score (nSPS) is 18.8. The average Bonchev–Trinajstić information content (AvgIpc) is 3.19. The number of amides is 1. The Labute approximate surface area is 154 Å². The van der Waals surface area contributed by atoms with E-state index in [0.717, 1.165) is 28.3 Å². The molecular formula is C20H27N3OS. The number of likely N-dealkylation sites (tertiary alicyclic amines) is 1. The van der Waals surface area contributed by atoms with Crippen LogP contribution in [0.25, 0.3) is 10.4 Å². The van der Waals surface area contributed by atoms with Gasteiger partial charge in [-0.3, -0.25) is 4.79 Å². The predicted molar refractivity (Wildman–Crippen MR) is 105 cm³/mol. The zero-order valence-corrected chi connectivity index (χ0v) is 16.3. The molecule has 1 aliphatic rings. The number of carbonyl (C=O) groups excluding carboxylic acids is 1. The van der Waals surface area contributed by atoms with E-state index in [1.165, 1.54) is 11.1 Å². The van der Waals surface area contributed by atoms with Gasteiger partial charge in [-0.25, -0.2) is 0 Å². The molecule has 25 heavy (non-hydrogen) atoms. The maximum Gasteiger partial charge on any atom is 0.264 e. The summed E-state index contributed by atoms with van der Waals surface area (Å²) in [5.41, 5.74) is 9.46. The minimum atomic E-state index is 0.120. The summed E-state index contributed by atoms with van der Waals surface area (Å²) in [7, 11) is 4.17. The Morgan fingerprint density at radius 3 is 2.56 bits per heavy atom. The average molecular weight is 358 g/mol. The molecule has 134 valence electrons. The molecule has 1 fully saturated rings. The van der Waals surface area contributed by atoms with Gasteiger partial charge in [-0.2, -0.15) is 0 Å². The monoisotopic (exact) mass is 357 g/mol. The van der Waals surface area contributed by atoms with Gasteiger partial charge < -0.3 is 15.5 Å². The van der Waals surface area contributed by atoms with E-state index in [4.69, 9.17) is 5.73 Å². The number of benzene rings is 1. The van der Waals surface area contributed by atoms with E-state index in [1.54, 1.807) is 11.3 Å². The van der Waals surface area contributed by atoms with Gasteiger partial charge in [0.1, 0.15) is 0 Å². The van der Waals surface area contributed by atoms with Crippen molar-refractivity contribution in [3.63, 3.8) is 0 Å². The molecule has 0 bridgehead atoms. The SMILES string of the molecule is Cc1cc(-c2ccc(C(C)N(C)C)cc2)sc1C(=O)N1CC[C@H](N)C1. The first kappa shape index (κ1) is 18.1. The summed E-state index contributed by atoms with van der Waals surface area (Å²) in [4.78, 5) is 18.8. The largest absolute Gasteiger partial charge is 0.336 e. The smallest absolute Gasteiger partial charge is 0.264 e. The zero-order valence-electron chi connectivity index (χ0n) is 15.5. The maximum atomic E-state index is 12.8. The van der Waals surface area contributed by atoms with Gasteiger partial charge in [0.2, 0.25) is 0 Å². The summed E-state index contributed by atoms with van der Waals surface area (Å²) in [6, 6.07) is 11.3. The Bertz CT molecular complexity index is 751. The molecule has 3 rings (SSSR count). The van der Waals surface area contributed by atoms with Gasteiger partial charge in [-0.1, -0.05) is 24.3 Å². The van der Waals surface area contributed by atoms with E-state index in [9.17, 15) is 4.79 Å². The third kappa shape index (κ3) is 3.78. The van der Waals surface area contributed by atoms with Crippen LogP contribution in [0.1, 0.15) is 40.2 Å². The van der Waals surface area contributed by atoms with Gasteiger partial charge in [0.05, 0.1) is 4.88 Å². The van der Waals surface area contributed by atoms with E-state index in [0.29, 0.717) is 12.6 Å². The van der Waals surface area contributed by atoms with Gasteiger partial charge in [-0.05, 0) is 57.1 Å². The Morgan fingerprint density at radius 1 is 1.32 bits per heavy atom. The molecule has 1 saturated heterocycles. The lowest BCUT2D eigenvalue weighted by atomic mass is 10.0. The lowest BCUT2D eigenvalue weighted by Gasteiger charge is -2.20. The fourth-order valence-electron chi connectivity index (χ4n) is 3.18. The highest BCUT2D eigenvalue weighted by Crippen LogP contribution is 2.33. The van der Waals surface area contributed by atoms with Crippen molar-refractivity contribution >= 4 is 17.2 Å². The summed E-state index contributed by atoms with van der Waals surface area (Å²) < 4.78 is 0. The Morgan fingerprint density at radius 2 is 2.00 bits per heavy atom. The molecule has 1 aliphatic heterocycles. The molecule has 2 heterocycles. The first-order valence-corrected chi connectivity index (χ1v) is 9.60. The highest BCUT2D eigenvalue weighted by atomic mass is 32.1. The van der Waals surface area contributed by atoms with E-state index in [-0.39, 0.29) is 11.9 Å². The van der Waals surface area contributed by atoms with Gasteiger partial charge in [-0.15, -0.1) is 11.3 Å². The summed E-state index contributed by atoms with van der Waals surface area (Å²) in [5.74, 6) is 0.125. The summed E-state index contributed by atoms with van der Waals surface area (Å²) in [6.45, 7) is 5.65. The van der Waals surface area contributed by atoms with Gasteiger partial charge in [0, 0.05) is 30.1 Å². The fraction of sp³-hybridized carbons (Fsp3) is 0.450. The lowest BCUT2D eigenvalue weighted by molar-refractivity contribution is 0.0795. The van der Waals surface area contributed by atoms with Crippen LogP contribution in [-0.2, 0) is 0 Å². The summed E-state index contributed by atoms with van der Waals surface area (Å²) >= 11 is 1.59. The van der Waals surface area contributed by atoms with Gasteiger partial charge >= 0.3 is 0 Å². The Hall–Kier alpha value is -1.69. The second-order valence-corrected chi connectivity index (χ2v) is 8.24. The number of aryl methyl sites for hydroxylation is 1. The minimum Gasteiger partial charge on any atom is -0.336 e. The van der Waals surface area contributed by atoms with Crippen molar-refractivity contribution in [2.24, 2.45) is 5.73 Å². The van der Waals surface area contributed by atoms with Crippen molar-refractivity contribution in [3.05, 3.63) is 46.3 Å². The summed E-state index contributed by atoms with van der Waals surface area (Å²) in [6.07, 6.45) is 0.897. The van der Waals surface area contributed by atoms with Gasteiger partial charge in [0.25, 0.3) is 5.91 Å². The second kappa shape index (κ2) is 7.28. The number of hydrogen-bond acceptors (Lipinski definition) is 4. The predicted octanol–water partition coefficient (Wildman–Crippen LogP) is 3.52. The molecule has 1 unspecified atom stereocenters. The van der Waals surface area contributed by atoms with E-state index in [2.05, 4.69) is 56.3 Å². The van der Waals surface area contributed by atoms with Crippen molar-refractivity contribution in [2.75, 3.05) is 27.2 Å². The fourth-order valence-corrected chi connectivity index (χ4v) is 4.32. The van der Waals surface area contributed by atoms with Crippen LogP contribution >= 0.6 is 11.3 Å². The molecule has 5 heteroatoms. The van der Waals surface area contributed by atoms with Crippen molar-refractivity contribution < 1.29 is 4.79 Å². The Balaban J connectivity index is 1.81. The number of thiophene rings is 1. The number of hydrogen-bond donors (Lipinski definition) is 1. The molecule has 2 aromatic rings. The van der Waals surface area contributed by atoms with Crippen LogP contribution in [0.4, 0.5) is 0 Å². The number of nitrogens with two attached hydrogens (primary N) is 1. The topological polar surface area (TPSA) is 49.6 Å². The molecule has 0 radical (unpaired) electrons. The van der Waals surface area contributed by atoms with Crippen molar-refractivity contribution in [2.45, 2.75) is 32.4 Å². The maximum absolute atomic E-state index is 12.8. The molecular weight excluding hydrogens is 330 g/mol. The number of rotatable bonds is 4. The number of carbonyl (C=O) groups is 1. The molecule has 0 saturated carbocycles. The number of nitrogens with zero attached hydrogens (tertiary/aromatic N) is 2. The third-order valence-corrected chi connectivity index (χ3v) is 6.35. The van der Waals surface area contributed by atoms with Crippen LogP contribution in [0.15, 0.2) is 30.3 Å². The first-order chi connectivity index (χ1) is 11.9. The van der Waals surface area contributed by atoms with Crippen LogP contribution < -0.4 is 5.73 Å². The highest BCUT2D eigenvalue weighted by molar-refractivity contribution is 7.17. The molecule has 0 spiro atoms. The molecule has 2 N–H and O–H groups in total. The summed E-state index contributed by atoms with van der Waals surface area (Å²) in [5, 5.41) is 0. The second-order valence-electron chi connectivity index (χ2n) is 7.18. The van der Waals surface area contributed by atoms with Crippen LogP contribution in [-0.4, -0.2) is 48.9 Å². The quantitative estimate of drug-likeness (QED) is 0.911. The van der Waals surface area contributed by atoms with Crippen LogP contribution in [0.3, 0.4) is 0 Å². The molecule has 2 atom stereocenters. The molecule has 1 aromatic carbocycles. The zero-order chi connectivity index (χ0) is 18.1. The standard InChI is InChI=1S/C20H27N3OS/c1-13-11-18(16-7-5-15(6-8-16)14(2)22(3)4)25-19(13)20(24)23-10-9-17(21)12-23/h5-8,11,14,17H,9-10,12,21H2,1-4H3/t14?,17-/m0/s1. The van der Waals surface area contributed by atoms with Crippen molar-refractivity contribution in [3.8, 4) is 10.4 Å². The van der Waals surface area contributed by atoms with Crippen molar-refractivity contribution in [1.29, 1.82) is 0 Å². The first-order valence-electron chi connectivity index (χ1n) is 8.79. The molecule has 1 aromatic heterocycles. The molecule has 1 amide bonds. The van der Waals surface area contributed by atoms with E-state index in [1.807, 2.05) is 11.8 Å². The van der Waals surface area contributed by atoms with E-state index < -0.39 is 0 Å². The van der Waals surface area contributed by atoms with Crippen molar-refractivity contribution in [1.82, 2.24) is 9.80 Å². The molecule has 0 aliphatic carbocycles. The van der Waals surface area contributed by atoms with Gasteiger partial charge in [0.15, 0.2) is 0 Å². The minimum absolute atomic E-state index is 0.120. The van der Waals surface area contributed by atoms with E-state index >= 15 is 0 Å². The Kier molecular flexibility index (Phi) is 5.27. The van der Waals surface area contributed by atoms with Crippen LogP contribution in [0.2, 0.25) is 0 Å². The highest BCUT2D eigenvalue weighted by Gasteiger charge is 2.27. The lowest BCUT2D eigenvalue weighted by Crippen LogP contribution is -2.31. The van der Waals surface area contributed by atoms with Crippen LogP contribution in [0, 0.1) is 6.92 Å². The van der Waals surface area contributed by atoms with Crippen LogP contribution in [0.5, 0.6) is 0 Å². The third-order valence-electron chi connectivity index (χ3n) is 5.08.